The van der Waals surface area contributed by atoms with E-state index < -0.39 is 0 Å². The number of nitrogens with zero attached hydrogens (tertiary/aromatic N) is 1. The summed E-state index contributed by atoms with van der Waals surface area (Å²) in [5, 5.41) is 5.39. The topological polar surface area (TPSA) is 74.6 Å². The number of carbonyl (C=O) groups is 2. The molecule has 1 saturated heterocycles. The van der Waals surface area contributed by atoms with Gasteiger partial charge in [-0.3, -0.25) is 14.5 Å². The maximum atomic E-state index is 12.3. The summed E-state index contributed by atoms with van der Waals surface area (Å²) in [7, 11) is 1.55. The zero-order valence-electron chi connectivity index (χ0n) is 12.6. The van der Waals surface area contributed by atoms with Crippen LogP contribution in [0.3, 0.4) is 0 Å². The summed E-state index contributed by atoms with van der Waals surface area (Å²) in [6.07, 6.45) is 3.13. The van der Waals surface area contributed by atoms with E-state index in [1.807, 2.05) is 6.92 Å². The lowest BCUT2D eigenvalue weighted by atomic mass is 10.2. The Kier molecular flexibility index (Phi) is 5.38. The van der Waals surface area contributed by atoms with E-state index in [-0.39, 0.29) is 23.6 Å². The molecule has 0 aromatic carbocycles. The Morgan fingerprint density at radius 2 is 2.05 bits per heavy atom. The van der Waals surface area contributed by atoms with Gasteiger partial charge in [0.15, 0.2) is 5.76 Å². The average molecular weight is 293 g/mol. The van der Waals surface area contributed by atoms with Crippen molar-refractivity contribution in [2.45, 2.75) is 38.8 Å². The van der Waals surface area contributed by atoms with E-state index in [1.54, 1.807) is 19.2 Å². The molecule has 1 atom stereocenters. The molecule has 0 radical (unpaired) electrons. The molecule has 1 aliphatic rings. The predicted molar refractivity (Wildman–Crippen MR) is 78.8 cm³/mol. The summed E-state index contributed by atoms with van der Waals surface area (Å²) in [5.74, 6) is 0.597. The van der Waals surface area contributed by atoms with Gasteiger partial charge in [0.1, 0.15) is 5.76 Å². The van der Waals surface area contributed by atoms with Crippen LogP contribution in [0.1, 0.15) is 42.5 Å². The Morgan fingerprint density at radius 3 is 2.67 bits per heavy atom. The number of amides is 2. The van der Waals surface area contributed by atoms with E-state index in [2.05, 4.69) is 15.5 Å². The minimum atomic E-state index is -0.268. The number of rotatable bonds is 6. The van der Waals surface area contributed by atoms with Crippen molar-refractivity contribution in [1.29, 1.82) is 0 Å². The van der Waals surface area contributed by atoms with Gasteiger partial charge in [-0.2, -0.15) is 0 Å². The number of nitrogens with one attached hydrogen (secondary N) is 2. The highest BCUT2D eigenvalue weighted by Gasteiger charge is 2.26. The van der Waals surface area contributed by atoms with Gasteiger partial charge in [0.25, 0.3) is 5.91 Å². The lowest BCUT2D eigenvalue weighted by Gasteiger charge is -2.25. The van der Waals surface area contributed by atoms with Gasteiger partial charge >= 0.3 is 0 Å². The van der Waals surface area contributed by atoms with Crippen LogP contribution in [0, 0.1) is 0 Å². The van der Waals surface area contributed by atoms with E-state index in [1.165, 1.54) is 0 Å². The van der Waals surface area contributed by atoms with Crippen molar-refractivity contribution in [2.75, 3.05) is 20.1 Å². The predicted octanol–water partition coefficient (Wildman–Crippen LogP) is 1.13. The van der Waals surface area contributed by atoms with Crippen LogP contribution in [0.2, 0.25) is 0 Å². The van der Waals surface area contributed by atoms with Crippen LogP contribution in [0.25, 0.3) is 0 Å². The molecular formula is C15H23N3O3. The van der Waals surface area contributed by atoms with Gasteiger partial charge < -0.3 is 15.1 Å². The van der Waals surface area contributed by atoms with Gasteiger partial charge in [-0.15, -0.1) is 0 Å². The van der Waals surface area contributed by atoms with Gasteiger partial charge in [-0.25, -0.2) is 0 Å². The van der Waals surface area contributed by atoms with Crippen LogP contribution in [-0.2, 0) is 11.3 Å². The second-order valence-electron chi connectivity index (χ2n) is 5.23. The molecule has 116 valence electrons. The molecule has 2 amide bonds. The molecule has 1 unspecified atom stereocenters. The maximum absolute atomic E-state index is 12.3. The van der Waals surface area contributed by atoms with Crippen molar-refractivity contribution in [3.8, 4) is 0 Å². The number of furan rings is 1. The van der Waals surface area contributed by atoms with Crippen molar-refractivity contribution >= 4 is 11.8 Å². The SMILES string of the molecule is CCC(C(=O)NCc1ccc(C(=O)NC)o1)N1CCCC1. The summed E-state index contributed by atoms with van der Waals surface area (Å²) in [6.45, 7) is 4.32. The molecule has 1 aromatic rings. The highest BCUT2D eigenvalue weighted by molar-refractivity contribution is 5.91. The molecule has 6 heteroatoms. The lowest BCUT2D eigenvalue weighted by Crippen LogP contribution is -2.45. The highest BCUT2D eigenvalue weighted by atomic mass is 16.4. The summed E-state index contributed by atoms with van der Waals surface area (Å²) in [6, 6.07) is 3.25. The smallest absolute Gasteiger partial charge is 0.286 e. The first-order valence-electron chi connectivity index (χ1n) is 7.48. The number of hydrogen-bond acceptors (Lipinski definition) is 4. The minimum absolute atomic E-state index is 0.0253. The fraction of sp³-hybridized carbons (Fsp3) is 0.600. The normalized spacial score (nSPS) is 16.7. The standard InChI is InChI=1S/C15H23N3O3/c1-3-12(18-8-4-5-9-18)14(19)17-10-11-6-7-13(21-11)15(20)16-2/h6-7,12H,3-5,8-10H2,1-2H3,(H,16,20)(H,17,19). The summed E-state index contributed by atoms with van der Waals surface area (Å²) in [4.78, 5) is 25.9. The Morgan fingerprint density at radius 1 is 1.33 bits per heavy atom. The largest absolute Gasteiger partial charge is 0.454 e. The molecule has 6 nitrogen and oxygen atoms in total. The molecule has 1 fully saturated rings. The lowest BCUT2D eigenvalue weighted by molar-refractivity contribution is -0.126. The third-order valence-electron chi connectivity index (χ3n) is 3.82. The van der Waals surface area contributed by atoms with Crippen LogP contribution in [0.5, 0.6) is 0 Å². The van der Waals surface area contributed by atoms with E-state index in [9.17, 15) is 9.59 Å². The van der Waals surface area contributed by atoms with E-state index >= 15 is 0 Å². The van der Waals surface area contributed by atoms with Crippen molar-refractivity contribution in [3.05, 3.63) is 23.7 Å². The molecule has 2 N–H and O–H groups in total. The number of hydrogen-bond donors (Lipinski definition) is 2. The van der Waals surface area contributed by atoms with E-state index in [0.29, 0.717) is 12.3 Å². The van der Waals surface area contributed by atoms with Crippen LogP contribution >= 0.6 is 0 Å². The quantitative estimate of drug-likeness (QED) is 0.824. The van der Waals surface area contributed by atoms with Crippen LogP contribution in [-0.4, -0.2) is 42.9 Å². The first-order chi connectivity index (χ1) is 10.2. The van der Waals surface area contributed by atoms with Crippen LogP contribution in [0.15, 0.2) is 16.5 Å². The van der Waals surface area contributed by atoms with Crippen molar-refractivity contribution in [2.24, 2.45) is 0 Å². The van der Waals surface area contributed by atoms with Gasteiger partial charge in [-0.1, -0.05) is 6.92 Å². The zero-order chi connectivity index (χ0) is 15.2. The molecule has 0 saturated carbocycles. The molecule has 0 spiro atoms. The van der Waals surface area contributed by atoms with Crippen molar-refractivity contribution in [3.63, 3.8) is 0 Å². The Balaban J connectivity index is 1.87. The van der Waals surface area contributed by atoms with Crippen LogP contribution < -0.4 is 10.6 Å². The Hall–Kier alpha value is -1.82. The summed E-state index contributed by atoms with van der Waals surface area (Å²) < 4.78 is 5.39. The second kappa shape index (κ2) is 7.26. The minimum Gasteiger partial charge on any atom is -0.454 e. The maximum Gasteiger partial charge on any atom is 0.286 e. The van der Waals surface area contributed by atoms with Crippen molar-refractivity contribution < 1.29 is 14.0 Å². The summed E-state index contributed by atoms with van der Waals surface area (Å²) in [5.41, 5.74) is 0. The first-order valence-corrected chi connectivity index (χ1v) is 7.48. The molecule has 2 rings (SSSR count). The Labute approximate surface area is 124 Å². The molecule has 2 heterocycles. The van der Waals surface area contributed by atoms with Gasteiger partial charge in [0.2, 0.25) is 5.91 Å². The van der Waals surface area contributed by atoms with E-state index in [4.69, 9.17) is 4.42 Å². The number of likely N-dealkylation sites (tertiary alicyclic amines) is 1. The molecular weight excluding hydrogens is 270 g/mol. The Bertz CT molecular complexity index is 492. The molecule has 0 aliphatic carbocycles. The average Bonchev–Trinajstić information content (AvgIpc) is 3.16. The summed E-state index contributed by atoms with van der Waals surface area (Å²) >= 11 is 0. The number of carbonyl (C=O) groups excluding carboxylic acids is 2. The zero-order valence-corrected chi connectivity index (χ0v) is 12.6. The molecule has 0 bridgehead atoms. The second-order valence-corrected chi connectivity index (χ2v) is 5.23. The fourth-order valence-electron chi connectivity index (χ4n) is 2.67. The third kappa shape index (κ3) is 3.85. The van der Waals surface area contributed by atoms with Crippen molar-refractivity contribution in [1.82, 2.24) is 15.5 Å². The van der Waals surface area contributed by atoms with Crippen LogP contribution in [0.4, 0.5) is 0 Å². The van der Waals surface area contributed by atoms with Gasteiger partial charge in [-0.05, 0) is 44.5 Å². The molecule has 1 aliphatic heterocycles. The van der Waals surface area contributed by atoms with E-state index in [0.717, 1.165) is 32.4 Å². The molecule has 21 heavy (non-hydrogen) atoms. The third-order valence-corrected chi connectivity index (χ3v) is 3.82. The van der Waals surface area contributed by atoms with Gasteiger partial charge in [0.05, 0.1) is 12.6 Å². The highest BCUT2D eigenvalue weighted by Crippen LogP contribution is 2.14. The first kappa shape index (κ1) is 15.6. The fourth-order valence-corrected chi connectivity index (χ4v) is 2.67. The molecule has 1 aromatic heterocycles. The van der Waals surface area contributed by atoms with Gasteiger partial charge in [0, 0.05) is 7.05 Å². The monoisotopic (exact) mass is 293 g/mol.